The molecule has 258 valence electrons. The first-order valence-corrected chi connectivity index (χ1v) is 20.8. The fourth-order valence-corrected chi connectivity index (χ4v) is 13.4. The third kappa shape index (κ3) is 7.33. The van der Waals surface area contributed by atoms with E-state index in [1.54, 1.807) is 0 Å². The fraction of sp³-hybridized carbons (Fsp3) is 0.143. The monoisotopic (exact) mass is 694 g/mol. The molecule has 3 heteroatoms. The average Bonchev–Trinajstić information content (AvgIpc) is 3.24. The lowest BCUT2D eigenvalue weighted by Gasteiger charge is -2.44. The van der Waals surface area contributed by atoms with Gasteiger partial charge in [-0.2, -0.15) is 21.9 Å². The maximum absolute atomic E-state index is 10.8. The van der Waals surface area contributed by atoms with Crippen LogP contribution in [0.4, 0.5) is 0 Å². The highest BCUT2D eigenvalue weighted by atomic mass is 31.2. The van der Waals surface area contributed by atoms with Crippen LogP contribution >= 0.6 is 7.26 Å². The summed E-state index contributed by atoms with van der Waals surface area (Å²) in [5, 5.41) is 15.0. The molecule has 1 saturated carbocycles. The SMILES string of the molecule is OC1CCCCC1C[P+](c1ccccc1)(c1ccccc1)c1ccccc1.c1ccc([B-](c2ccccc2)(c2ccccc2)c2ccccc2)cc1. The summed E-state index contributed by atoms with van der Waals surface area (Å²) in [6.07, 6.45) is 4.14. The Morgan fingerprint density at radius 1 is 0.385 bits per heavy atom. The van der Waals surface area contributed by atoms with Crippen LogP contribution in [0.5, 0.6) is 0 Å². The van der Waals surface area contributed by atoms with E-state index in [1.165, 1.54) is 44.2 Å². The van der Waals surface area contributed by atoms with Crippen molar-refractivity contribution in [1.82, 2.24) is 0 Å². The van der Waals surface area contributed by atoms with Gasteiger partial charge in [-0.25, -0.2) is 0 Å². The molecule has 1 aliphatic carbocycles. The first kappa shape index (κ1) is 35.4. The van der Waals surface area contributed by atoms with Crippen LogP contribution in [0, 0.1) is 5.92 Å². The lowest BCUT2D eigenvalue weighted by molar-refractivity contribution is 0.0811. The molecule has 0 heterocycles. The molecule has 52 heavy (non-hydrogen) atoms. The summed E-state index contributed by atoms with van der Waals surface area (Å²) in [4.78, 5) is 0. The smallest absolute Gasteiger partial charge is 0.112 e. The zero-order chi connectivity index (χ0) is 35.5. The molecule has 7 aromatic rings. The molecular weight excluding hydrogens is 646 g/mol. The third-order valence-corrected chi connectivity index (χ3v) is 15.7. The van der Waals surface area contributed by atoms with Gasteiger partial charge in [-0.3, -0.25) is 0 Å². The molecule has 2 atom stereocenters. The zero-order valence-electron chi connectivity index (χ0n) is 29.9. The van der Waals surface area contributed by atoms with E-state index in [2.05, 4.69) is 212 Å². The van der Waals surface area contributed by atoms with Gasteiger partial charge in [-0.05, 0) is 49.2 Å². The quantitative estimate of drug-likeness (QED) is 0.122. The summed E-state index contributed by atoms with van der Waals surface area (Å²) >= 11 is 0. The van der Waals surface area contributed by atoms with Crippen molar-refractivity contribution in [1.29, 1.82) is 0 Å². The lowest BCUT2D eigenvalue weighted by Crippen LogP contribution is -2.74. The second kappa shape index (κ2) is 17.0. The van der Waals surface area contributed by atoms with E-state index in [4.69, 9.17) is 0 Å². The maximum atomic E-state index is 10.8. The van der Waals surface area contributed by atoms with Crippen LogP contribution in [0.3, 0.4) is 0 Å². The Bertz CT molecular complexity index is 1800. The Labute approximate surface area is 311 Å². The number of aliphatic hydroxyl groups excluding tert-OH is 1. The topological polar surface area (TPSA) is 20.2 Å². The molecule has 0 aliphatic heterocycles. The van der Waals surface area contributed by atoms with Gasteiger partial charge in [0.1, 0.15) is 29.3 Å². The van der Waals surface area contributed by atoms with E-state index in [9.17, 15) is 5.11 Å². The molecule has 1 fully saturated rings. The summed E-state index contributed by atoms with van der Waals surface area (Å²) < 4.78 is 0. The Balaban J connectivity index is 0.000000162. The number of rotatable bonds is 9. The van der Waals surface area contributed by atoms with Crippen LogP contribution in [-0.4, -0.2) is 23.5 Å². The second-order valence-electron chi connectivity index (χ2n) is 14.1. The minimum Gasteiger partial charge on any atom is -0.393 e. The third-order valence-electron chi connectivity index (χ3n) is 11.2. The van der Waals surface area contributed by atoms with E-state index in [-0.39, 0.29) is 6.10 Å². The maximum Gasteiger partial charge on any atom is 0.112 e. The van der Waals surface area contributed by atoms with Gasteiger partial charge in [0.05, 0.1) is 12.3 Å². The lowest BCUT2D eigenvalue weighted by atomic mass is 9.13. The van der Waals surface area contributed by atoms with E-state index in [1.807, 2.05) is 0 Å². The fourth-order valence-electron chi connectivity index (χ4n) is 8.69. The van der Waals surface area contributed by atoms with Crippen molar-refractivity contribution in [3.8, 4) is 0 Å². The molecule has 1 N–H and O–H groups in total. The summed E-state index contributed by atoms with van der Waals surface area (Å²) in [6, 6.07) is 76.6. The minimum absolute atomic E-state index is 0.172. The van der Waals surface area contributed by atoms with Crippen LogP contribution in [0.25, 0.3) is 0 Å². The van der Waals surface area contributed by atoms with E-state index in [0.717, 1.165) is 25.4 Å². The highest BCUT2D eigenvalue weighted by molar-refractivity contribution is 7.95. The van der Waals surface area contributed by atoms with Gasteiger partial charge < -0.3 is 5.11 Å². The van der Waals surface area contributed by atoms with E-state index in [0.29, 0.717) is 5.92 Å². The molecule has 1 nitrogen and oxygen atoms in total. The summed E-state index contributed by atoms with van der Waals surface area (Å²) in [7, 11) is -1.82. The standard InChI is InChI=1S/C25H28OP.C24H20B/c26-25-19-11-10-12-21(25)20-27(22-13-4-1-5-14-22,23-15-6-2-7-16-23)24-17-8-3-9-18-24;1-5-13-21(14-6-1)25(22-15-7-2-8-16-22,23-17-9-3-10-18-23)24-19-11-4-12-20-24/h1-9,13-18,21,25-26H,10-12,19-20H2;1-20H/q+1;-1. The Hall–Kier alpha value is -5.01. The van der Waals surface area contributed by atoms with Crippen molar-refractivity contribution < 1.29 is 5.11 Å². The first-order chi connectivity index (χ1) is 25.7. The molecule has 0 bridgehead atoms. The van der Waals surface area contributed by atoms with Crippen molar-refractivity contribution in [2.24, 2.45) is 5.92 Å². The van der Waals surface area contributed by atoms with Crippen molar-refractivity contribution in [2.45, 2.75) is 31.8 Å². The number of benzene rings is 7. The normalized spacial score (nSPS) is 15.9. The van der Waals surface area contributed by atoms with Crippen LogP contribution < -0.4 is 37.8 Å². The van der Waals surface area contributed by atoms with Gasteiger partial charge in [0.25, 0.3) is 0 Å². The van der Waals surface area contributed by atoms with Gasteiger partial charge in [0, 0.05) is 5.92 Å². The summed E-state index contributed by atoms with van der Waals surface area (Å²) in [5.74, 6) is 0.368. The van der Waals surface area contributed by atoms with Gasteiger partial charge in [-0.1, -0.05) is 189 Å². The zero-order valence-corrected chi connectivity index (χ0v) is 30.8. The number of hydrogen-bond acceptors (Lipinski definition) is 1. The molecule has 0 amide bonds. The van der Waals surface area contributed by atoms with Crippen LogP contribution in [-0.2, 0) is 0 Å². The van der Waals surface area contributed by atoms with Crippen molar-refractivity contribution in [3.63, 3.8) is 0 Å². The predicted octanol–water partition coefficient (Wildman–Crippen LogP) is 7.60. The van der Waals surface area contributed by atoms with Gasteiger partial charge in [0.2, 0.25) is 0 Å². The largest absolute Gasteiger partial charge is 0.393 e. The minimum atomic E-state index is -1.82. The first-order valence-electron chi connectivity index (χ1n) is 18.8. The van der Waals surface area contributed by atoms with Crippen molar-refractivity contribution in [3.05, 3.63) is 212 Å². The molecule has 0 saturated heterocycles. The molecule has 7 aromatic carbocycles. The van der Waals surface area contributed by atoms with Gasteiger partial charge in [0.15, 0.2) is 0 Å². The van der Waals surface area contributed by atoms with Crippen LogP contribution in [0.15, 0.2) is 212 Å². The van der Waals surface area contributed by atoms with E-state index < -0.39 is 13.4 Å². The average molecular weight is 695 g/mol. The van der Waals surface area contributed by atoms with Gasteiger partial charge in [-0.15, -0.1) is 0 Å². The number of hydrogen-bond donors (Lipinski definition) is 1. The molecule has 0 aromatic heterocycles. The second-order valence-corrected chi connectivity index (χ2v) is 17.7. The summed E-state index contributed by atoms with van der Waals surface area (Å²) in [6.45, 7) is 0. The predicted molar refractivity (Wildman–Crippen MR) is 228 cm³/mol. The van der Waals surface area contributed by atoms with E-state index >= 15 is 0 Å². The molecular formula is C49H48BOP. The molecule has 8 rings (SSSR count). The van der Waals surface area contributed by atoms with Crippen LogP contribution in [0.2, 0.25) is 0 Å². The van der Waals surface area contributed by atoms with Crippen molar-refractivity contribution in [2.75, 3.05) is 6.16 Å². The molecule has 1 aliphatic rings. The Kier molecular flexibility index (Phi) is 11.6. The Morgan fingerprint density at radius 3 is 0.942 bits per heavy atom. The summed E-state index contributed by atoms with van der Waals surface area (Å²) in [5.41, 5.74) is 5.36. The highest BCUT2D eigenvalue weighted by Crippen LogP contribution is 2.57. The van der Waals surface area contributed by atoms with Crippen molar-refractivity contribution >= 4 is 51.2 Å². The molecule has 0 radical (unpaired) electrons. The highest BCUT2D eigenvalue weighted by Gasteiger charge is 2.48. The van der Waals surface area contributed by atoms with Gasteiger partial charge >= 0.3 is 0 Å². The van der Waals surface area contributed by atoms with Crippen LogP contribution in [0.1, 0.15) is 25.7 Å². The molecule has 0 spiro atoms. The number of aliphatic hydroxyl groups is 1. The Morgan fingerprint density at radius 2 is 0.654 bits per heavy atom. The molecule has 2 unspecified atom stereocenters.